The minimum absolute atomic E-state index is 0.0206. The summed E-state index contributed by atoms with van der Waals surface area (Å²) in [5.74, 6) is 0.0113. The summed E-state index contributed by atoms with van der Waals surface area (Å²) in [5.41, 5.74) is 3.61. The van der Waals surface area contributed by atoms with Gasteiger partial charge in [-0.25, -0.2) is 4.79 Å². The molecule has 0 fully saturated rings. The lowest BCUT2D eigenvalue weighted by atomic mass is 10.1. The molecule has 4 heteroatoms. The number of benzene rings is 2. The van der Waals surface area contributed by atoms with E-state index in [-0.39, 0.29) is 5.78 Å². The van der Waals surface area contributed by atoms with Gasteiger partial charge in [-0.05, 0) is 55.1 Å². The number of thiophene rings is 1. The summed E-state index contributed by atoms with van der Waals surface area (Å²) in [6.07, 6.45) is 0. The van der Waals surface area contributed by atoms with Crippen molar-refractivity contribution in [2.75, 3.05) is 0 Å². The highest BCUT2D eigenvalue weighted by Crippen LogP contribution is 2.29. The lowest BCUT2D eigenvalue weighted by Gasteiger charge is -2.06. The second-order valence-corrected chi connectivity index (χ2v) is 6.42. The molecule has 120 valence electrons. The van der Waals surface area contributed by atoms with Crippen LogP contribution in [0.15, 0.2) is 60.0 Å². The van der Waals surface area contributed by atoms with Crippen molar-refractivity contribution in [2.45, 2.75) is 13.8 Å². The molecule has 0 aliphatic rings. The van der Waals surface area contributed by atoms with Gasteiger partial charge in [-0.3, -0.25) is 4.79 Å². The Labute approximate surface area is 144 Å². The Bertz CT molecular complexity index is 874. The molecule has 3 aromatic rings. The molecule has 0 spiro atoms. The molecule has 3 rings (SSSR count). The van der Waals surface area contributed by atoms with Crippen LogP contribution in [0.1, 0.15) is 32.5 Å². The van der Waals surface area contributed by atoms with Crippen LogP contribution in [0.25, 0.3) is 11.1 Å². The van der Waals surface area contributed by atoms with E-state index in [1.54, 1.807) is 24.3 Å². The molecule has 1 heterocycles. The van der Waals surface area contributed by atoms with Crippen LogP contribution in [0.2, 0.25) is 0 Å². The summed E-state index contributed by atoms with van der Waals surface area (Å²) in [4.78, 5) is 24.3. The smallest absolute Gasteiger partial charge is 0.354 e. The predicted octanol–water partition coefficient (Wildman–Crippen LogP) is 5.15. The number of ketones is 1. The summed E-state index contributed by atoms with van der Waals surface area (Å²) >= 11 is 1.36. The van der Waals surface area contributed by atoms with Crippen molar-refractivity contribution in [1.29, 1.82) is 0 Å². The zero-order valence-corrected chi connectivity index (χ0v) is 14.2. The van der Waals surface area contributed by atoms with Gasteiger partial charge in [-0.1, -0.05) is 29.8 Å². The van der Waals surface area contributed by atoms with Gasteiger partial charge in [0.1, 0.15) is 10.6 Å². The normalized spacial score (nSPS) is 10.4. The Hall–Kier alpha value is -2.72. The van der Waals surface area contributed by atoms with Gasteiger partial charge in [0.2, 0.25) is 0 Å². The van der Waals surface area contributed by atoms with E-state index in [1.807, 2.05) is 42.6 Å². The summed E-state index contributed by atoms with van der Waals surface area (Å²) < 4.78 is 5.44. The summed E-state index contributed by atoms with van der Waals surface area (Å²) in [7, 11) is 0. The molecule has 24 heavy (non-hydrogen) atoms. The van der Waals surface area contributed by atoms with E-state index in [2.05, 4.69) is 0 Å². The largest absolute Gasteiger partial charge is 0.422 e. The van der Waals surface area contributed by atoms with Crippen LogP contribution in [0.5, 0.6) is 5.75 Å². The second-order valence-electron chi connectivity index (χ2n) is 5.50. The Morgan fingerprint density at radius 2 is 1.58 bits per heavy atom. The molecule has 0 amide bonds. The standard InChI is InChI=1S/C20H16O3S/c1-13-3-5-16(6-4-13)18-11-12-24-19(18)20(22)23-17-9-7-15(8-10-17)14(2)21/h3-12H,1-2H3. The first kappa shape index (κ1) is 16.1. The minimum Gasteiger partial charge on any atom is -0.422 e. The summed E-state index contributed by atoms with van der Waals surface area (Å²) in [6.45, 7) is 3.53. The Kier molecular flexibility index (Phi) is 4.58. The number of esters is 1. The number of ether oxygens (including phenoxy) is 1. The molecule has 0 N–H and O–H groups in total. The number of carbonyl (C=O) groups excluding carboxylic acids is 2. The number of carbonyl (C=O) groups is 2. The van der Waals surface area contributed by atoms with E-state index in [4.69, 9.17) is 4.74 Å². The van der Waals surface area contributed by atoms with Gasteiger partial charge >= 0.3 is 5.97 Å². The first-order chi connectivity index (χ1) is 11.5. The van der Waals surface area contributed by atoms with Crippen molar-refractivity contribution >= 4 is 23.1 Å². The highest BCUT2D eigenvalue weighted by molar-refractivity contribution is 7.12. The number of Topliss-reactive ketones (excluding diaryl/α,β-unsaturated/α-hetero) is 1. The molecule has 2 aromatic carbocycles. The maximum absolute atomic E-state index is 12.5. The van der Waals surface area contributed by atoms with Crippen LogP contribution < -0.4 is 4.74 Å². The van der Waals surface area contributed by atoms with Gasteiger partial charge < -0.3 is 4.74 Å². The quantitative estimate of drug-likeness (QED) is 0.376. The Morgan fingerprint density at radius 3 is 2.21 bits per heavy atom. The van der Waals surface area contributed by atoms with Gasteiger partial charge in [0.25, 0.3) is 0 Å². The molecule has 0 saturated heterocycles. The summed E-state index contributed by atoms with van der Waals surface area (Å²) in [6, 6.07) is 16.5. The van der Waals surface area contributed by atoms with Crippen molar-refractivity contribution in [2.24, 2.45) is 0 Å². The molecule has 0 bridgehead atoms. The van der Waals surface area contributed by atoms with E-state index in [0.717, 1.165) is 11.1 Å². The van der Waals surface area contributed by atoms with E-state index in [1.165, 1.54) is 23.8 Å². The fourth-order valence-electron chi connectivity index (χ4n) is 2.34. The Morgan fingerprint density at radius 1 is 0.917 bits per heavy atom. The van der Waals surface area contributed by atoms with Gasteiger partial charge in [-0.2, -0.15) is 0 Å². The van der Waals surface area contributed by atoms with Crippen LogP contribution in [-0.2, 0) is 0 Å². The van der Waals surface area contributed by atoms with E-state index < -0.39 is 5.97 Å². The fraction of sp³-hybridized carbons (Fsp3) is 0.100. The Balaban J connectivity index is 1.82. The van der Waals surface area contributed by atoms with Crippen molar-refractivity contribution in [3.05, 3.63) is 76.0 Å². The second kappa shape index (κ2) is 6.81. The molecular weight excluding hydrogens is 320 g/mol. The van der Waals surface area contributed by atoms with E-state index in [0.29, 0.717) is 16.2 Å². The summed E-state index contributed by atoms with van der Waals surface area (Å²) in [5, 5.41) is 1.88. The van der Waals surface area contributed by atoms with Gasteiger partial charge in [-0.15, -0.1) is 11.3 Å². The fourth-order valence-corrected chi connectivity index (χ4v) is 3.13. The van der Waals surface area contributed by atoms with E-state index in [9.17, 15) is 9.59 Å². The number of rotatable bonds is 4. The molecule has 0 atom stereocenters. The number of hydrogen-bond donors (Lipinski definition) is 0. The first-order valence-corrected chi connectivity index (χ1v) is 8.40. The van der Waals surface area contributed by atoms with Gasteiger partial charge in [0.15, 0.2) is 5.78 Å². The van der Waals surface area contributed by atoms with Crippen molar-refractivity contribution in [3.63, 3.8) is 0 Å². The van der Waals surface area contributed by atoms with Crippen LogP contribution in [0.4, 0.5) is 0 Å². The van der Waals surface area contributed by atoms with Crippen molar-refractivity contribution in [3.8, 4) is 16.9 Å². The SMILES string of the molecule is CC(=O)c1ccc(OC(=O)c2sccc2-c2ccc(C)cc2)cc1. The van der Waals surface area contributed by atoms with Gasteiger partial charge in [0.05, 0.1) is 0 Å². The molecule has 0 radical (unpaired) electrons. The van der Waals surface area contributed by atoms with Gasteiger partial charge in [0, 0.05) is 11.1 Å². The lowest BCUT2D eigenvalue weighted by molar-refractivity contribution is 0.0740. The zero-order chi connectivity index (χ0) is 17.1. The molecule has 3 nitrogen and oxygen atoms in total. The molecule has 0 aliphatic carbocycles. The third-order valence-electron chi connectivity index (χ3n) is 3.68. The molecule has 0 unspecified atom stereocenters. The maximum atomic E-state index is 12.5. The maximum Gasteiger partial charge on any atom is 0.354 e. The predicted molar refractivity (Wildman–Crippen MR) is 95.9 cm³/mol. The van der Waals surface area contributed by atoms with Crippen LogP contribution >= 0.6 is 11.3 Å². The van der Waals surface area contributed by atoms with Crippen molar-refractivity contribution < 1.29 is 14.3 Å². The highest BCUT2D eigenvalue weighted by atomic mass is 32.1. The molecule has 0 saturated carbocycles. The molecular formula is C20H16O3S. The first-order valence-electron chi connectivity index (χ1n) is 7.52. The minimum atomic E-state index is -0.392. The average Bonchev–Trinajstić information content (AvgIpc) is 3.06. The monoisotopic (exact) mass is 336 g/mol. The van der Waals surface area contributed by atoms with Crippen LogP contribution in [0.3, 0.4) is 0 Å². The zero-order valence-electron chi connectivity index (χ0n) is 13.4. The van der Waals surface area contributed by atoms with E-state index >= 15 is 0 Å². The highest BCUT2D eigenvalue weighted by Gasteiger charge is 2.17. The van der Waals surface area contributed by atoms with Crippen LogP contribution in [-0.4, -0.2) is 11.8 Å². The molecule has 0 aliphatic heterocycles. The van der Waals surface area contributed by atoms with Crippen LogP contribution in [0, 0.1) is 6.92 Å². The number of aryl methyl sites for hydroxylation is 1. The third-order valence-corrected chi connectivity index (χ3v) is 4.58. The van der Waals surface area contributed by atoms with Crippen molar-refractivity contribution in [1.82, 2.24) is 0 Å². The lowest BCUT2D eigenvalue weighted by Crippen LogP contribution is -2.08. The molecule has 1 aromatic heterocycles. The number of hydrogen-bond acceptors (Lipinski definition) is 4. The topological polar surface area (TPSA) is 43.4 Å². The third kappa shape index (κ3) is 3.44. The average molecular weight is 336 g/mol.